The second-order valence-electron chi connectivity index (χ2n) is 9.21. The number of H-pyrrole nitrogens is 1. The van der Waals surface area contributed by atoms with E-state index < -0.39 is 11.9 Å². The van der Waals surface area contributed by atoms with Crippen LogP contribution in [0.25, 0.3) is 33.4 Å². The van der Waals surface area contributed by atoms with Crippen LogP contribution in [0.4, 0.5) is 18.9 Å². The van der Waals surface area contributed by atoms with Gasteiger partial charge in [0.25, 0.3) is 5.91 Å². The van der Waals surface area contributed by atoms with E-state index in [2.05, 4.69) is 25.7 Å². The summed E-state index contributed by atoms with van der Waals surface area (Å²) in [6.45, 7) is 2.07. The summed E-state index contributed by atoms with van der Waals surface area (Å²) in [4.78, 5) is 20.2. The number of benzene rings is 2. The molecule has 0 saturated heterocycles. The molecule has 6 rings (SSSR count). The lowest BCUT2D eigenvalue weighted by molar-refractivity contribution is -0.140. The highest BCUT2D eigenvalue weighted by atomic mass is 19.4. The Bertz CT molecular complexity index is 1740. The maximum absolute atomic E-state index is 13.9. The van der Waals surface area contributed by atoms with Gasteiger partial charge in [-0.1, -0.05) is 12.1 Å². The van der Waals surface area contributed by atoms with Crippen LogP contribution >= 0.6 is 0 Å². The average molecular weight is 535 g/mol. The number of amides is 1. The third-order valence-corrected chi connectivity index (χ3v) is 6.74. The minimum absolute atomic E-state index is 0.0525. The first-order chi connectivity index (χ1) is 18.7. The van der Waals surface area contributed by atoms with Gasteiger partial charge in [0.15, 0.2) is 11.5 Å². The van der Waals surface area contributed by atoms with Crippen molar-refractivity contribution >= 4 is 22.5 Å². The number of pyridine rings is 1. The molecule has 0 spiro atoms. The lowest BCUT2D eigenvalue weighted by Crippen LogP contribution is -2.38. The number of ether oxygens (including phenoxy) is 1. The Morgan fingerprint density at radius 3 is 2.59 bits per heavy atom. The lowest BCUT2D eigenvalue weighted by atomic mass is 9.90. The molecular weight excluding hydrogens is 513 g/mol. The predicted molar refractivity (Wildman–Crippen MR) is 135 cm³/mol. The van der Waals surface area contributed by atoms with Crippen molar-refractivity contribution in [2.24, 2.45) is 7.05 Å². The third kappa shape index (κ3) is 4.06. The van der Waals surface area contributed by atoms with Crippen LogP contribution < -0.4 is 9.64 Å². The number of aromatic nitrogens is 7. The second-order valence-corrected chi connectivity index (χ2v) is 9.21. The summed E-state index contributed by atoms with van der Waals surface area (Å²) < 4.78 is 47.9. The molecule has 0 saturated carbocycles. The van der Waals surface area contributed by atoms with Crippen molar-refractivity contribution in [3.05, 3.63) is 65.1 Å². The van der Waals surface area contributed by atoms with Crippen LogP contribution in [0.2, 0.25) is 0 Å². The van der Waals surface area contributed by atoms with Crippen LogP contribution in [-0.2, 0) is 19.6 Å². The number of hydrogen-bond donors (Lipinski definition) is 1. The molecule has 1 N–H and O–H groups in total. The molecule has 1 aliphatic heterocycles. The van der Waals surface area contributed by atoms with E-state index in [4.69, 9.17) is 9.72 Å². The van der Waals surface area contributed by atoms with Gasteiger partial charge < -0.3 is 9.64 Å². The molecule has 1 amide bonds. The van der Waals surface area contributed by atoms with Gasteiger partial charge in [-0.15, -0.1) is 5.10 Å². The van der Waals surface area contributed by atoms with Gasteiger partial charge in [-0.25, -0.2) is 5.10 Å². The molecule has 10 nitrogen and oxygen atoms in total. The molecule has 0 unspecified atom stereocenters. The molecule has 5 aromatic rings. The zero-order valence-corrected chi connectivity index (χ0v) is 21.0. The standard InChI is InChI=1S/C26H21F3N8O2/c1-13-9-21(18-10-14(39-3)11-19(22(18)30-13)24-31-34-35-32-24)37-8-7-16-15(5-4-6-17(16)25(37)38)20-12-36(2)33-23(20)26(27,28)29/h4-6,9-12H,7-8H2,1-3H3,(H,31,32,34,35). The number of methoxy groups -OCH3 is 1. The number of anilines is 1. The highest BCUT2D eigenvalue weighted by Crippen LogP contribution is 2.41. The van der Waals surface area contributed by atoms with Gasteiger partial charge in [0.1, 0.15) is 5.75 Å². The number of alkyl halides is 3. The number of aromatic amines is 1. The van der Waals surface area contributed by atoms with E-state index >= 15 is 0 Å². The van der Waals surface area contributed by atoms with Crippen LogP contribution in [0.3, 0.4) is 0 Å². The number of nitrogens with one attached hydrogen (secondary N) is 1. The minimum atomic E-state index is -4.63. The van der Waals surface area contributed by atoms with Crippen LogP contribution in [0.1, 0.15) is 27.3 Å². The van der Waals surface area contributed by atoms with Gasteiger partial charge in [-0.05, 0) is 59.2 Å². The number of carbonyl (C=O) groups excluding carboxylic acids is 1. The first-order valence-corrected chi connectivity index (χ1v) is 11.9. The van der Waals surface area contributed by atoms with Crippen molar-refractivity contribution in [2.75, 3.05) is 18.6 Å². The molecule has 4 heterocycles. The Balaban J connectivity index is 1.50. The van der Waals surface area contributed by atoms with Crippen molar-refractivity contribution in [1.29, 1.82) is 0 Å². The Hall–Kier alpha value is -4.81. The number of carbonyl (C=O) groups is 1. The summed E-state index contributed by atoms with van der Waals surface area (Å²) in [5.74, 6) is 0.581. The van der Waals surface area contributed by atoms with E-state index in [0.717, 1.165) is 4.68 Å². The fourth-order valence-corrected chi connectivity index (χ4v) is 5.11. The summed E-state index contributed by atoms with van der Waals surface area (Å²) in [7, 11) is 2.97. The molecular formula is C26H21F3N8O2. The van der Waals surface area contributed by atoms with E-state index in [0.29, 0.717) is 62.5 Å². The number of nitrogens with zero attached hydrogens (tertiary/aromatic N) is 7. The third-order valence-electron chi connectivity index (χ3n) is 6.74. The molecule has 0 fully saturated rings. The number of hydrogen-bond acceptors (Lipinski definition) is 7. The maximum atomic E-state index is 13.9. The topological polar surface area (TPSA) is 115 Å². The molecule has 39 heavy (non-hydrogen) atoms. The second kappa shape index (κ2) is 8.89. The normalized spacial score (nSPS) is 13.7. The summed E-state index contributed by atoms with van der Waals surface area (Å²) in [5.41, 5.74) is 2.63. The number of fused-ring (bicyclic) bond motifs is 2. The number of halogens is 3. The molecule has 2 aromatic carbocycles. The molecule has 13 heteroatoms. The fourth-order valence-electron chi connectivity index (χ4n) is 5.11. The van der Waals surface area contributed by atoms with Crippen molar-refractivity contribution in [3.63, 3.8) is 0 Å². The van der Waals surface area contributed by atoms with Gasteiger partial charge in [0.2, 0.25) is 0 Å². The monoisotopic (exact) mass is 534 g/mol. The molecule has 1 aliphatic rings. The van der Waals surface area contributed by atoms with Gasteiger partial charge in [-0.2, -0.15) is 18.3 Å². The van der Waals surface area contributed by atoms with Gasteiger partial charge >= 0.3 is 6.18 Å². The first-order valence-electron chi connectivity index (χ1n) is 11.9. The summed E-state index contributed by atoms with van der Waals surface area (Å²) in [6.07, 6.45) is -2.95. The number of rotatable bonds is 4. The molecule has 198 valence electrons. The van der Waals surface area contributed by atoms with Crippen LogP contribution in [0.5, 0.6) is 5.75 Å². The van der Waals surface area contributed by atoms with Gasteiger partial charge in [0.05, 0.1) is 23.9 Å². The van der Waals surface area contributed by atoms with E-state index in [-0.39, 0.29) is 18.0 Å². The molecule has 0 radical (unpaired) electrons. The summed E-state index contributed by atoms with van der Waals surface area (Å²) >= 11 is 0. The Labute approximate surface area is 219 Å². The van der Waals surface area contributed by atoms with Crippen LogP contribution in [0, 0.1) is 6.92 Å². The molecule has 3 aromatic heterocycles. The van der Waals surface area contributed by atoms with Crippen molar-refractivity contribution in [3.8, 4) is 28.3 Å². The number of tetrazole rings is 1. The Kier molecular flexibility index (Phi) is 5.59. The molecule has 0 atom stereocenters. The van der Waals surface area contributed by atoms with Gasteiger partial charge in [-0.3, -0.25) is 14.5 Å². The first kappa shape index (κ1) is 24.5. The number of aryl methyl sites for hydroxylation is 2. The lowest BCUT2D eigenvalue weighted by Gasteiger charge is -2.31. The van der Waals surface area contributed by atoms with Gasteiger partial charge in [0, 0.05) is 42.0 Å². The Morgan fingerprint density at radius 1 is 1.08 bits per heavy atom. The molecule has 0 aliphatic carbocycles. The fraction of sp³-hybridized carbons (Fsp3) is 0.231. The quantitative estimate of drug-likeness (QED) is 0.365. The highest BCUT2D eigenvalue weighted by Gasteiger charge is 2.39. The summed E-state index contributed by atoms with van der Waals surface area (Å²) in [5, 5.41) is 18.4. The minimum Gasteiger partial charge on any atom is -0.497 e. The maximum Gasteiger partial charge on any atom is 0.435 e. The Morgan fingerprint density at radius 2 is 1.87 bits per heavy atom. The predicted octanol–water partition coefficient (Wildman–Crippen LogP) is 4.35. The van der Waals surface area contributed by atoms with E-state index in [9.17, 15) is 18.0 Å². The van der Waals surface area contributed by atoms with E-state index in [1.165, 1.54) is 20.4 Å². The largest absolute Gasteiger partial charge is 0.497 e. The van der Waals surface area contributed by atoms with Crippen molar-refractivity contribution < 1.29 is 22.7 Å². The van der Waals surface area contributed by atoms with E-state index in [1.807, 2.05) is 6.92 Å². The SMILES string of the molecule is COc1cc(-c2nnn[nH]2)c2nc(C)cc(N3CCc4c(cccc4-c4cn(C)nc4C(F)(F)F)C3=O)c2c1. The highest BCUT2D eigenvalue weighted by molar-refractivity contribution is 6.14. The smallest absolute Gasteiger partial charge is 0.435 e. The van der Waals surface area contributed by atoms with Crippen LogP contribution in [0.15, 0.2) is 42.6 Å². The zero-order chi connectivity index (χ0) is 27.5. The average Bonchev–Trinajstić information content (AvgIpc) is 3.58. The van der Waals surface area contributed by atoms with Crippen LogP contribution in [-0.4, -0.2) is 55.0 Å². The van der Waals surface area contributed by atoms with E-state index in [1.54, 1.807) is 41.3 Å². The van der Waals surface area contributed by atoms with Crippen molar-refractivity contribution in [1.82, 2.24) is 35.4 Å². The van der Waals surface area contributed by atoms with Crippen molar-refractivity contribution in [2.45, 2.75) is 19.5 Å². The summed E-state index contributed by atoms with van der Waals surface area (Å²) in [6, 6.07) is 10.2. The molecule has 0 bridgehead atoms. The zero-order valence-electron chi connectivity index (χ0n) is 21.0.